The molecule has 0 spiro atoms. The predicted octanol–water partition coefficient (Wildman–Crippen LogP) is 3.65. The Labute approximate surface area is 160 Å². The molecule has 0 saturated carbocycles. The molecule has 26 heavy (non-hydrogen) atoms. The van der Waals surface area contributed by atoms with Crippen molar-refractivity contribution in [2.24, 2.45) is 0 Å². The Morgan fingerprint density at radius 3 is 2.69 bits per heavy atom. The van der Waals surface area contributed by atoms with Gasteiger partial charge in [-0.1, -0.05) is 35.3 Å². The van der Waals surface area contributed by atoms with Crippen LogP contribution in [0, 0.1) is 13.8 Å². The van der Waals surface area contributed by atoms with E-state index in [9.17, 15) is 4.79 Å². The fraction of sp³-hybridized carbons (Fsp3) is 0.294. The fourth-order valence-electron chi connectivity index (χ4n) is 2.60. The number of aryl methyl sites for hydroxylation is 1. The van der Waals surface area contributed by atoms with Crippen LogP contribution in [-0.2, 0) is 11.3 Å². The summed E-state index contributed by atoms with van der Waals surface area (Å²) in [6, 6.07) is 6.95. The van der Waals surface area contributed by atoms with Gasteiger partial charge in [0, 0.05) is 5.02 Å². The van der Waals surface area contributed by atoms with Crippen LogP contribution >= 0.6 is 23.2 Å². The molecule has 0 bridgehead atoms. The van der Waals surface area contributed by atoms with Crippen molar-refractivity contribution in [1.29, 1.82) is 0 Å². The molecule has 1 unspecified atom stereocenters. The molecule has 7 nitrogen and oxygen atoms in total. The number of nitrogens with one attached hydrogen (secondary N) is 1. The molecule has 2 heterocycles. The summed E-state index contributed by atoms with van der Waals surface area (Å²) < 4.78 is 3.22. The van der Waals surface area contributed by atoms with Crippen LogP contribution in [0.3, 0.4) is 0 Å². The number of benzene rings is 1. The van der Waals surface area contributed by atoms with E-state index < -0.39 is 6.04 Å². The van der Waals surface area contributed by atoms with Gasteiger partial charge in [0.05, 0.1) is 23.0 Å². The quantitative estimate of drug-likeness (QED) is 0.718. The van der Waals surface area contributed by atoms with Crippen LogP contribution in [0.15, 0.2) is 30.6 Å². The number of rotatable bonds is 5. The maximum Gasteiger partial charge on any atom is 0.251 e. The highest BCUT2D eigenvalue weighted by Gasteiger charge is 2.21. The van der Waals surface area contributed by atoms with Gasteiger partial charge in [0.25, 0.3) is 5.91 Å². The number of hydrogen-bond acceptors (Lipinski definition) is 4. The third-order valence-corrected chi connectivity index (χ3v) is 4.77. The number of carbonyl (C=O) groups excluding carboxylic acids is 1. The SMILES string of the molecule is Cc1nn(C(C)C(=O)Nc2ncn(Cc3cccc(Cl)c3)n2)c(C)c1Cl. The maximum atomic E-state index is 12.5. The molecule has 136 valence electrons. The van der Waals surface area contributed by atoms with Gasteiger partial charge in [-0.05, 0) is 38.5 Å². The lowest BCUT2D eigenvalue weighted by atomic mass is 10.2. The Morgan fingerprint density at radius 1 is 1.27 bits per heavy atom. The molecule has 1 N–H and O–H groups in total. The molecule has 0 fully saturated rings. The lowest BCUT2D eigenvalue weighted by molar-refractivity contribution is -0.119. The summed E-state index contributed by atoms with van der Waals surface area (Å²) in [6.45, 7) is 5.87. The monoisotopic (exact) mass is 392 g/mol. The van der Waals surface area contributed by atoms with Crippen molar-refractivity contribution in [1.82, 2.24) is 24.5 Å². The number of carbonyl (C=O) groups is 1. The molecule has 2 aromatic heterocycles. The van der Waals surface area contributed by atoms with Crippen molar-refractivity contribution >= 4 is 35.1 Å². The van der Waals surface area contributed by atoms with Crippen molar-refractivity contribution in [3.8, 4) is 0 Å². The normalized spacial score (nSPS) is 12.2. The van der Waals surface area contributed by atoms with Gasteiger partial charge in [-0.15, -0.1) is 5.10 Å². The van der Waals surface area contributed by atoms with E-state index in [1.54, 1.807) is 29.5 Å². The summed E-state index contributed by atoms with van der Waals surface area (Å²) in [6.07, 6.45) is 1.56. The second kappa shape index (κ2) is 7.47. The van der Waals surface area contributed by atoms with Crippen molar-refractivity contribution in [3.63, 3.8) is 0 Å². The largest absolute Gasteiger partial charge is 0.291 e. The lowest BCUT2D eigenvalue weighted by Gasteiger charge is -2.12. The zero-order chi connectivity index (χ0) is 18.8. The average molecular weight is 393 g/mol. The summed E-state index contributed by atoms with van der Waals surface area (Å²) in [4.78, 5) is 16.6. The van der Waals surface area contributed by atoms with Crippen LogP contribution in [-0.4, -0.2) is 30.5 Å². The van der Waals surface area contributed by atoms with Crippen LogP contribution in [0.4, 0.5) is 5.95 Å². The smallest absolute Gasteiger partial charge is 0.251 e. The second-order valence-electron chi connectivity index (χ2n) is 5.99. The first-order valence-electron chi connectivity index (χ1n) is 8.01. The maximum absolute atomic E-state index is 12.5. The minimum absolute atomic E-state index is 0.233. The zero-order valence-electron chi connectivity index (χ0n) is 14.6. The molecule has 0 saturated heterocycles. The summed E-state index contributed by atoms with van der Waals surface area (Å²) in [5.74, 6) is -0.0377. The summed E-state index contributed by atoms with van der Waals surface area (Å²) in [5, 5.41) is 12.5. The second-order valence-corrected chi connectivity index (χ2v) is 6.80. The van der Waals surface area contributed by atoms with Crippen LogP contribution < -0.4 is 5.32 Å². The van der Waals surface area contributed by atoms with Gasteiger partial charge in [-0.25, -0.2) is 9.67 Å². The Bertz CT molecular complexity index is 949. The number of amides is 1. The first-order valence-corrected chi connectivity index (χ1v) is 8.76. The van der Waals surface area contributed by atoms with Crippen molar-refractivity contribution < 1.29 is 4.79 Å². The molecule has 1 atom stereocenters. The molecule has 9 heteroatoms. The van der Waals surface area contributed by atoms with E-state index >= 15 is 0 Å². The minimum Gasteiger partial charge on any atom is -0.291 e. The van der Waals surface area contributed by atoms with Crippen LogP contribution in [0.25, 0.3) is 0 Å². The molecule has 0 aliphatic heterocycles. The number of aromatic nitrogens is 5. The van der Waals surface area contributed by atoms with Gasteiger partial charge in [0.2, 0.25) is 5.95 Å². The third kappa shape index (κ3) is 3.89. The van der Waals surface area contributed by atoms with Crippen molar-refractivity contribution in [2.45, 2.75) is 33.4 Å². The number of anilines is 1. The van der Waals surface area contributed by atoms with E-state index in [1.807, 2.05) is 31.2 Å². The molecule has 3 rings (SSSR count). The summed E-state index contributed by atoms with van der Waals surface area (Å²) in [5.41, 5.74) is 2.42. The Balaban J connectivity index is 1.68. The fourth-order valence-corrected chi connectivity index (χ4v) is 2.93. The molecular weight excluding hydrogens is 375 g/mol. The molecule has 3 aromatic rings. The molecule has 0 aliphatic carbocycles. The first-order chi connectivity index (χ1) is 12.3. The molecule has 0 radical (unpaired) electrons. The molecular formula is C17H18Cl2N6O. The highest BCUT2D eigenvalue weighted by Crippen LogP contribution is 2.22. The topological polar surface area (TPSA) is 77.6 Å². The van der Waals surface area contributed by atoms with Crippen molar-refractivity contribution in [2.75, 3.05) is 5.32 Å². The van der Waals surface area contributed by atoms with Crippen LogP contribution in [0.2, 0.25) is 10.0 Å². The summed E-state index contributed by atoms with van der Waals surface area (Å²) in [7, 11) is 0. The van der Waals surface area contributed by atoms with Gasteiger partial charge in [0.15, 0.2) is 0 Å². The van der Waals surface area contributed by atoms with Gasteiger partial charge >= 0.3 is 0 Å². The molecule has 0 aliphatic rings. The van der Waals surface area contributed by atoms with Crippen molar-refractivity contribution in [3.05, 3.63) is 57.6 Å². The summed E-state index contributed by atoms with van der Waals surface area (Å²) >= 11 is 12.1. The van der Waals surface area contributed by atoms with Crippen LogP contribution in [0.5, 0.6) is 0 Å². The van der Waals surface area contributed by atoms with E-state index in [-0.39, 0.29) is 11.9 Å². The average Bonchev–Trinajstić information content (AvgIpc) is 3.13. The van der Waals surface area contributed by atoms with E-state index in [0.717, 1.165) is 11.3 Å². The number of halogens is 2. The zero-order valence-corrected chi connectivity index (χ0v) is 16.1. The van der Waals surface area contributed by atoms with E-state index in [0.29, 0.717) is 22.3 Å². The van der Waals surface area contributed by atoms with Crippen LogP contribution in [0.1, 0.15) is 29.9 Å². The van der Waals surface area contributed by atoms with E-state index in [1.165, 1.54) is 0 Å². The van der Waals surface area contributed by atoms with Gasteiger partial charge in [0.1, 0.15) is 12.4 Å². The highest BCUT2D eigenvalue weighted by molar-refractivity contribution is 6.31. The number of hydrogen-bond donors (Lipinski definition) is 1. The Morgan fingerprint density at radius 2 is 2.04 bits per heavy atom. The molecule has 1 amide bonds. The van der Waals surface area contributed by atoms with E-state index in [4.69, 9.17) is 23.2 Å². The number of nitrogens with zero attached hydrogens (tertiary/aromatic N) is 5. The first kappa shape index (κ1) is 18.4. The van der Waals surface area contributed by atoms with Gasteiger partial charge in [-0.2, -0.15) is 5.10 Å². The highest BCUT2D eigenvalue weighted by atomic mass is 35.5. The van der Waals surface area contributed by atoms with Gasteiger partial charge < -0.3 is 0 Å². The Kier molecular flexibility index (Phi) is 5.29. The third-order valence-electron chi connectivity index (χ3n) is 3.99. The molecule has 1 aromatic carbocycles. The predicted molar refractivity (Wildman–Crippen MR) is 101 cm³/mol. The standard InChI is InChI=1S/C17H18Cl2N6O/c1-10-15(19)11(2)25(22-10)12(3)16(26)21-17-20-9-24(23-17)8-13-5-4-6-14(18)7-13/h4-7,9,12H,8H2,1-3H3,(H,21,23,26). The van der Waals surface area contributed by atoms with E-state index in [2.05, 4.69) is 20.5 Å². The lowest BCUT2D eigenvalue weighted by Crippen LogP contribution is -2.25. The van der Waals surface area contributed by atoms with Gasteiger partial charge in [-0.3, -0.25) is 14.8 Å². The Hall–Kier alpha value is -2.38. The minimum atomic E-state index is -0.541.